The van der Waals surface area contributed by atoms with Crippen molar-refractivity contribution in [3.05, 3.63) is 54.2 Å². The van der Waals surface area contributed by atoms with Crippen molar-refractivity contribution in [1.82, 2.24) is 9.97 Å². The Bertz CT molecular complexity index is 1350. The molecule has 0 aliphatic carbocycles. The summed E-state index contributed by atoms with van der Waals surface area (Å²) in [7, 11) is 0. The van der Waals surface area contributed by atoms with E-state index >= 15 is 0 Å². The molecule has 3 saturated heterocycles. The number of hydrogen-bond acceptors (Lipinski definition) is 10. The van der Waals surface area contributed by atoms with E-state index in [1.165, 1.54) is 0 Å². The van der Waals surface area contributed by atoms with Gasteiger partial charge in [-0.05, 0) is 62.4 Å². The molecule has 0 bridgehead atoms. The monoisotopic (exact) mass is 576 g/mol. The summed E-state index contributed by atoms with van der Waals surface area (Å²) in [5.41, 5.74) is 3.80. The van der Waals surface area contributed by atoms with Crippen LogP contribution in [-0.4, -0.2) is 81.5 Å². The van der Waals surface area contributed by atoms with E-state index in [0.29, 0.717) is 67.4 Å². The molecule has 2 aromatic carbocycles. The van der Waals surface area contributed by atoms with Gasteiger partial charge in [0.05, 0.1) is 33.0 Å². The predicted molar refractivity (Wildman–Crippen MR) is 158 cm³/mol. The van der Waals surface area contributed by atoms with Gasteiger partial charge in [0.1, 0.15) is 5.69 Å². The quantitative estimate of drug-likeness (QED) is 0.403. The Morgan fingerprint density at radius 1 is 0.857 bits per heavy atom. The second-order valence-electron chi connectivity index (χ2n) is 10.1. The largest absolute Gasteiger partial charge is 0.488 e. The van der Waals surface area contributed by atoms with Crippen LogP contribution in [0, 0.1) is 0 Å². The van der Waals surface area contributed by atoms with Gasteiger partial charge in [0, 0.05) is 48.8 Å². The number of ether oxygens (including phenoxy) is 5. The second-order valence-corrected chi connectivity index (χ2v) is 10.1. The second kappa shape index (κ2) is 12.9. The van der Waals surface area contributed by atoms with E-state index in [1.54, 1.807) is 0 Å². The molecule has 0 atom stereocenters. The Labute approximate surface area is 244 Å². The predicted octanol–water partition coefficient (Wildman–Crippen LogP) is 4.25. The molecule has 2 N–H and O–H groups in total. The normalized spacial score (nSPS) is 20.5. The molecule has 4 heterocycles. The number of amides is 2. The summed E-state index contributed by atoms with van der Waals surface area (Å²) in [6.07, 6.45) is -0.940. The summed E-state index contributed by atoms with van der Waals surface area (Å²) < 4.78 is 28.6. The van der Waals surface area contributed by atoms with Gasteiger partial charge in [-0.25, -0.2) is 14.8 Å². The first-order chi connectivity index (χ1) is 20.6. The lowest BCUT2D eigenvalue weighted by molar-refractivity contribution is -0.384. The summed E-state index contributed by atoms with van der Waals surface area (Å²) in [6, 6.07) is 14.9. The van der Waals surface area contributed by atoms with Gasteiger partial charge in [-0.3, -0.25) is 0 Å². The van der Waals surface area contributed by atoms with Crippen LogP contribution in [0.15, 0.2) is 48.5 Å². The molecule has 1 aromatic heterocycles. The van der Waals surface area contributed by atoms with E-state index < -0.39 is 6.29 Å². The fourth-order valence-electron chi connectivity index (χ4n) is 5.08. The van der Waals surface area contributed by atoms with E-state index in [9.17, 15) is 4.79 Å². The number of urea groups is 1. The van der Waals surface area contributed by atoms with Crippen molar-refractivity contribution < 1.29 is 28.5 Å². The number of nitrogens with one attached hydrogen (secondary N) is 2. The molecule has 0 spiro atoms. The van der Waals surface area contributed by atoms with Crippen molar-refractivity contribution in [2.75, 3.05) is 79.6 Å². The summed E-state index contributed by atoms with van der Waals surface area (Å²) in [5, 5.41) is 5.78. The van der Waals surface area contributed by atoms with Gasteiger partial charge in [-0.1, -0.05) is 0 Å². The lowest BCUT2D eigenvalue weighted by Crippen LogP contribution is -2.38. The number of hydrogen-bond donors (Lipinski definition) is 2. The molecule has 2 amide bonds. The molecule has 3 fully saturated rings. The topological polar surface area (TPSA) is 120 Å². The van der Waals surface area contributed by atoms with Gasteiger partial charge in [0.2, 0.25) is 6.29 Å². The molecule has 0 unspecified atom stereocenters. The zero-order valence-electron chi connectivity index (χ0n) is 23.9. The fraction of sp³-hybridized carbons (Fsp3) is 0.433. The highest BCUT2D eigenvalue weighted by Crippen LogP contribution is 2.41. The van der Waals surface area contributed by atoms with Crippen molar-refractivity contribution in [2.24, 2.45) is 0 Å². The van der Waals surface area contributed by atoms with Crippen molar-refractivity contribution in [2.45, 2.75) is 26.4 Å². The minimum absolute atomic E-state index is 0.311. The number of carbonyl (C=O) groups is 1. The van der Waals surface area contributed by atoms with E-state index in [4.69, 9.17) is 33.7 Å². The maximum Gasteiger partial charge on any atom is 0.323 e. The summed E-state index contributed by atoms with van der Waals surface area (Å²) in [6.45, 7) is 9.98. The Kier molecular flexibility index (Phi) is 8.65. The van der Waals surface area contributed by atoms with Crippen molar-refractivity contribution >= 4 is 28.9 Å². The molecule has 0 saturated carbocycles. The Morgan fingerprint density at radius 3 is 2.00 bits per heavy atom. The van der Waals surface area contributed by atoms with Crippen LogP contribution >= 0.6 is 0 Å². The molecule has 12 nitrogen and oxygen atoms in total. The lowest BCUT2D eigenvalue weighted by atomic mass is 10.1. The highest BCUT2D eigenvalue weighted by Gasteiger charge is 2.36. The Morgan fingerprint density at radius 2 is 1.43 bits per heavy atom. The molecule has 3 aliphatic heterocycles. The van der Waals surface area contributed by atoms with Crippen LogP contribution < -0.4 is 25.2 Å². The van der Waals surface area contributed by atoms with E-state index in [1.807, 2.05) is 62.4 Å². The van der Waals surface area contributed by atoms with Crippen LogP contribution in [0.4, 0.5) is 27.7 Å². The fourth-order valence-corrected chi connectivity index (χ4v) is 5.08. The highest BCUT2D eigenvalue weighted by molar-refractivity contribution is 5.99. The van der Waals surface area contributed by atoms with Crippen molar-refractivity contribution in [3.63, 3.8) is 0 Å². The Hall–Kier alpha value is -3.97. The van der Waals surface area contributed by atoms with Crippen LogP contribution in [-0.2, 0) is 18.9 Å². The van der Waals surface area contributed by atoms with Gasteiger partial charge in [0.15, 0.2) is 23.7 Å². The molecular weight excluding hydrogens is 540 g/mol. The molecule has 0 radical (unpaired) electrons. The smallest absolute Gasteiger partial charge is 0.323 e. The van der Waals surface area contributed by atoms with E-state index in [0.717, 1.165) is 37.6 Å². The molecule has 12 heteroatoms. The number of benzene rings is 2. The number of morpholine rings is 2. The van der Waals surface area contributed by atoms with Gasteiger partial charge in [0.25, 0.3) is 0 Å². The zero-order valence-corrected chi connectivity index (χ0v) is 23.9. The zero-order chi connectivity index (χ0) is 28.9. The summed E-state index contributed by atoms with van der Waals surface area (Å²) in [4.78, 5) is 26.8. The average molecular weight is 577 g/mol. The molecular formula is C30H36N6O6. The Balaban J connectivity index is 1.17. The van der Waals surface area contributed by atoms with Crippen LogP contribution in [0.1, 0.15) is 25.8 Å². The summed E-state index contributed by atoms with van der Waals surface area (Å²) in [5.74, 6) is 1.76. The average Bonchev–Trinajstić information content (AvgIpc) is 3.01. The van der Waals surface area contributed by atoms with Gasteiger partial charge < -0.3 is 44.1 Å². The molecule has 3 aliphatic rings. The number of carbonyl (C=O) groups excluding carboxylic acids is 1. The van der Waals surface area contributed by atoms with Crippen LogP contribution in [0.3, 0.4) is 0 Å². The van der Waals surface area contributed by atoms with Crippen LogP contribution in [0.2, 0.25) is 0 Å². The molecule has 222 valence electrons. The van der Waals surface area contributed by atoms with Crippen LogP contribution in [0.25, 0.3) is 11.4 Å². The lowest BCUT2D eigenvalue weighted by Gasteiger charge is -2.35. The number of nitrogens with zero attached hydrogens (tertiary/aromatic N) is 4. The van der Waals surface area contributed by atoms with Gasteiger partial charge >= 0.3 is 6.03 Å². The first-order valence-electron chi connectivity index (χ1n) is 14.4. The first-order valence-corrected chi connectivity index (χ1v) is 14.4. The van der Waals surface area contributed by atoms with E-state index in [2.05, 4.69) is 20.4 Å². The number of rotatable bonds is 8. The maximum absolute atomic E-state index is 12.7. The first kappa shape index (κ1) is 28.2. The van der Waals surface area contributed by atoms with Gasteiger partial charge in [-0.15, -0.1) is 0 Å². The van der Waals surface area contributed by atoms with Crippen LogP contribution in [0.5, 0.6) is 5.75 Å². The minimum atomic E-state index is -0.629. The number of aromatic nitrogens is 2. The van der Waals surface area contributed by atoms with Crippen molar-refractivity contribution in [1.29, 1.82) is 0 Å². The molecule has 6 rings (SSSR count). The maximum atomic E-state index is 12.7. The van der Waals surface area contributed by atoms with Crippen molar-refractivity contribution in [3.8, 4) is 17.1 Å². The summed E-state index contributed by atoms with van der Waals surface area (Å²) >= 11 is 0. The number of anilines is 4. The van der Waals surface area contributed by atoms with E-state index in [-0.39, 0.29) is 12.3 Å². The van der Waals surface area contributed by atoms with Gasteiger partial charge in [-0.2, -0.15) is 0 Å². The highest BCUT2D eigenvalue weighted by atomic mass is 16.9. The molecule has 42 heavy (non-hydrogen) atoms. The standard InChI is InChI=1S/C30H36N6O6/c1-3-40-26-25(29-41-20(2)42-29)33-27(34-28(26)36-14-18-39-19-15-36)21-4-6-22(7-5-21)31-30(37)32-23-8-10-24(11-9-23)35-12-16-38-17-13-35/h4-11,20,29H,3,12-19H2,1-2H3,(H2,31,32,37). The third-order valence-corrected chi connectivity index (χ3v) is 7.23. The minimum Gasteiger partial charge on any atom is -0.488 e. The third kappa shape index (κ3) is 6.41. The molecule has 3 aromatic rings. The third-order valence-electron chi connectivity index (χ3n) is 7.23. The SMILES string of the molecule is CCOc1c(C2OC(C)O2)nc(-c2ccc(NC(=O)Nc3ccc(N4CCOCC4)cc3)cc2)nc1N1CCOCC1.